The Hall–Kier alpha value is -2.14. The fourth-order valence-electron chi connectivity index (χ4n) is 1.79. The van der Waals surface area contributed by atoms with E-state index in [-0.39, 0.29) is 5.69 Å². The van der Waals surface area contributed by atoms with Crippen molar-refractivity contribution in [2.75, 3.05) is 11.9 Å². The molecule has 104 valence electrons. The molecule has 1 N–H and O–H groups in total. The Bertz CT molecular complexity index is 646. The Kier molecular flexibility index (Phi) is 4.20. The Labute approximate surface area is 121 Å². The number of rotatable bonds is 4. The summed E-state index contributed by atoms with van der Waals surface area (Å²) in [6.07, 6.45) is 0. The van der Waals surface area contributed by atoms with Crippen LogP contribution < -0.4 is 4.90 Å². The number of carboxylic acid groups (broad SMARTS) is 1. The van der Waals surface area contributed by atoms with E-state index in [1.165, 1.54) is 6.07 Å². The highest BCUT2D eigenvalue weighted by Gasteiger charge is 2.12. The summed E-state index contributed by atoms with van der Waals surface area (Å²) >= 11 is 6.11. The lowest BCUT2D eigenvalue weighted by molar-refractivity contribution is 0.0690. The molecule has 20 heavy (non-hydrogen) atoms. The third kappa shape index (κ3) is 3.24. The Morgan fingerprint density at radius 2 is 2.05 bits per heavy atom. The van der Waals surface area contributed by atoms with Gasteiger partial charge in [-0.15, -0.1) is 0 Å². The SMILES string of the molecule is Cc1cc(C(=O)O)nc(N(C)Cc2ccccc2Cl)n1. The lowest BCUT2D eigenvalue weighted by Crippen LogP contribution is -2.21. The number of benzene rings is 1. The zero-order chi connectivity index (χ0) is 14.7. The number of halogens is 1. The Morgan fingerprint density at radius 3 is 2.70 bits per heavy atom. The Balaban J connectivity index is 2.27. The summed E-state index contributed by atoms with van der Waals surface area (Å²) in [5, 5.41) is 9.68. The predicted molar refractivity (Wildman–Crippen MR) is 77.3 cm³/mol. The van der Waals surface area contributed by atoms with Gasteiger partial charge in [0.05, 0.1) is 0 Å². The van der Waals surface area contributed by atoms with Gasteiger partial charge in [0.1, 0.15) is 0 Å². The van der Waals surface area contributed by atoms with Gasteiger partial charge in [0.15, 0.2) is 5.69 Å². The first-order valence-corrected chi connectivity index (χ1v) is 6.38. The van der Waals surface area contributed by atoms with Gasteiger partial charge < -0.3 is 10.0 Å². The maximum absolute atomic E-state index is 11.0. The molecule has 1 heterocycles. The minimum absolute atomic E-state index is 0.0153. The number of aryl methyl sites for hydroxylation is 1. The molecule has 2 aromatic rings. The molecule has 0 aliphatic heterocycles. The van der Waals surface area contributed by atoms with Gasteiger partial charge in [-0.05, 0) is 24.6 Å². The van der Waals surface area contributed by atoms with Gasteiger partial charge in [-0.1, -0.05) is 29.8 Å². The lowest BCUT2D eigenvalue weighted by Gasteiger charge is -2.18. The minimum atomic E-state index is -1.07. The molecule has 0 aliphatic rings. The molecule has 6 heteroatoms. The summed E-state index contributed by atoms with van der Waals surface area (Å²) in [4.78, 5) is 21.1. The van der Waals surface area contributed by atoms with Gasteiger partial charge in [0.2, 0.25) is 5.95 Å². The van der Waals surface area contributed by atoms with Crippen molar-refractivity contribution >= 4 is 23.5 Å². The van der Waals surface area contributed by atoms with Crippen LogP contribution in [0.1, 0.15) is 21.7 Å². The second-order valence-corrected chi connectivity index (χ2v) is 4.85. The smallest absolute Gasteiger partial charge is 0.354 e. The van der Waals surface area contributed by atoms with E-state index in [1.54, 1.807) is 18.9 Å². The maximum atomic E-state index is 11.0. The number of carbonyl (C=O) groups is 1. The number of aromatic carboxylic acids is 1. The maximum Gasteiger partial charge on any atom is 0.354 e. The van der Waals surface area contributed by atoms with E-state index in [9.17, 15) is 4.79 Å². The molecule has 1 aromatic heterocycles. The third-order valence-electron chi connectivity index (χ3n) is 2.77. The number of aromatic nitrogens is 2. The largest absolute Gasteiger partial charge is 0.477 e. The van der Waals surface area contributed by atoms with Crippen molar-refractivity contribution in [3.63, 3.8) is 0 Å². The van der Waals surface area contributed by atoms with E-state index >= 15 is 0 Å². The van der Waals surface area contributed by atoms with E-state index in [4.69, 9.17) is 16.7 Å². The van der Waals surface area contributed by atoms with Crippen LogP contribution in [0.25, 0.3) is 0 Å². The highest BCUT2D eigenvalue weighted by Crippen LogP contribution is 2.19. The highest BCUT2D eigenvalue weighted by molar-refractivity contribution is 6.31. The zero-order valence-corrected chi connectivity index (χ0v) is 11.9. The molecule has 0 atom stereocenters. The van der Waals surface area contributed by atoms with Gasteiger partial charge in [0.25, 0.3) is 0 Å². The fraction of sp³-hybridized carbons (Fsp3) is 0.214. The zero-order valence-electron chi connectivity index (χ0n) is 11.2. The normalized spacial score (nSPS) is 10.3. The molecule has 0 radical (unpaired) electrons. The topological polar surface area (TPSA) is 66.3 Å². The van der Waals surface area contributed by atoms with Crippen LogP contribution in [0.15, 0.2) is 30.3 Å². The minimum Gasteiger partial charge on any atom is -0.477 e. The van der Waals surface area contributed by atoms with Crippen LogP contribution in [0.3, 0.4) is 0 Å². The lowest BCUT2D eigenvalue weighted by atomic mass is 10.2. The second-order valence-electron chi connectivity index (χ2n) is 4.45. The standard InChI is InChI=1S/C14H14ClN3O2/c1-9-7-12(13(19)20)17-14(16-9)18(2)8-10-5-3-4-6-11(10)15/h3-7H,8H2,1-2H3,(H,19,20). The van der Waals surface area contributed by atoms with E-state index in [2.05, 4.69) is 9.97 Å². The van der Waals surface area contributed by atoms with E-state index < -0.39 is 5.97 Å². The molecular weight excluding hydrogens is 278 g/mol. The van der Waals surface area contributed by atoms with Crippen LogP contribution in [-0.4, -0.2) is 28.1 Å². The van der Waals surface area contributed by atoms with Crippen LogP contribution in [0.4, 0.5) is 5.95 Å². The van der Waals surface area contributed by atoms with Gasteiger partial charge in [-0.25, -0.2) is 14.8 Å². The molecule has 0 bridgehead atoms. The van der Waals surface area contributed by atoms with Crippen molar-refractivity contribution in [1.82, 2.24) is 9.97 Å². The van der Waals surface area contributed by atoms with Crippen LogP contribution in [0, 0.1) is 6.92 Å². The molecule has 0 unspecified atom stereocenters. The average molecular weight is 292 g/mol. The summed E-state index contributed by atoms with van der Waals surface area (Å²) in [5.41, 5.74) is 1.52. The molecule has 0 spiro atoms. The van der Waals surface area contributed by atoms with Crippen molar-refractivity contribution in [2.24, 2.45) is 0 Å². The van der Waals surface area contributed by atoms with Crippen molar-refractivity contribution in [1.29, 1.82) is 0 Å². The van der Waals surface area contributed by atoms with Crippen LogP contribution in [0.2, 0.25) is 5.02 Å². The number of hydrogen-bond donors (Lipinski definition) is 1. The third-order valence-corrected chi connectivity index (χ3v) is 3.14. The van der Waals surface area contributed by atoms with Gasteiger partial charge in [-0.3, -0.25) is 0 Å². The number of nitrogens with zero attached hydrogens (tertiary/aromatic N) is 3. The summed E-state index contributed by atoms with van der Waals surface area (Å²) in [6, 6.07) is 8.92. The second kappa shape index (κ2) is 5.88. The van der Waals surface area contributed by atoms with Crippen LogP contribution in [-0.2, 0) is 6.54 Å². The molecule has 0 saturated carbocycles. The molecule has 0 saturated heterocycles. The predicted octanol–water partition coefficient (Wildman–Crippen LogP) is 2.77. The van der Waals surface area contributed by atoms with E-state index in [1.807, 2.05) is 24.3 Å². The number of anilines is 1. The van der Waals surface area contributed by atoms with E-state index in [0.717, 1.165) is 5.56 Å². The van der Waals surface area contributed by atoms with Crippen LogP contribution in [0.5, 0.6) is 0 Å². The van der Waals surface area contributed by atoms with Crippen LogP contribution >= 0.6 is 11.6 Å². The summed E-state index contributed by atoms with van der Waals surface area (Å²) in [5.74, 6) is -0.704. The van der Waals surface area contributed by atoms with Crippen molar-refractivity contribution in [3.8, 4) is 0 Å². The van der Waals surface area contributed by atoms with Gasteiger partial charge in [-0.2, -0.15) is 0 Å². The molecule has 0 aliphatic carbocycles. The number of carboxylic acids is 1. The molecule has 5 nitrogen and oxygen atoms in total. The average Bonchev–Trinajstić information content (AvgIpc) is 2.40. The quantitative estimate of drug-likeness (QED) is 0.938. The molecule has 1 aromatic carbocycles. The monoisotopic (exact) mass is 291 g/mol. The first-order chi connectivity index (χ1) is 9.47. The Morgan fingerprint density at radius 1 is 1.35 bits per heavy atom. The molecule has 2 rings (SSSR count). The highest BCUT2D eigenvalue weighted by atomic mass is 35.5. The van der Waals surface area contributed by atoms with Crippen molar-refractivity contribution in [2.45, 2.75) is 13.5 Å². The summed E-state index contributed by atoms with van der Waals surface area (Å²) < 4.78 is 0. The first-order valence-electron chi connectivity index (χ1n) is 6.01. The molecule has 0 fully saturated rings. The van der Waals surface area contributed by atoms with Gasteiger partial charge in [0, 0.05) is 24.3 Å². The molecular formula is C14H14ClN3O2. The first kappa shape index (κ1) is 14.3. The van der Waals surface area contributed by atoms with E-state index in [0.29, 0.717) is 23.2 Å². The van der Waals surface area contributed by atoms with Gasteiger partial charge >= 0.3 is 5.97 Å². The van der Waals surface area contributed by atoms with Crippen molar-refractivity contribution in [3.05, 3.63) is 52.3 Å². The van der Waals surface area contributed by atoms with Crippen molar-refractivity contribution < 1.29 is 9.90 Å². The number of hydrogen-bond acceptors (Lipinski definition) is 4. The summed E-state index contributed by atoms with van der Waals surface area (Å²) in [6.45, 7) is 2.24. The summed E-state index contributed by atoms with van der Waals surface area (Å²) in [7, 11) is 1.80. The fourth-order valence-corrected chi connectivity index (χ4v) is 1.98. The molecule has 0 amide bonds.